The van der Waals surface area contributed by atoms with Crippen molar-refractivity contribution >= 4 is 23.6 Å². The van der Waals surface area contributed by atoms with Crippen molar-refractivity contribution in [1.29, 1.82) is 0 Å². The number of non-ortho nitro benzene ring substituents is 1. The van der Waals surface area contributed by atoms with Gasteiger partial charge in [-0.1, -0.05) is 0 Å². The van der Waals surface area contributed by atoms with Crippen molar-refractivity contribution in [3.63, 3.8) is 0 Å². The van der Waals surface area contributed by atoms with E-state index in [1.807, 2.05) is 0 Å². The molecule has 0 bridgehead atoms. The van der Waals surface area contributed by atoms with Crippen LogP contribution in [0.5, 0.6) is 0 Å². The number of benzene rings is 1. The van der Waals surface area contributed by atoms with E-state index in [-0.39, 0.29) is 36.4 Å². The molecule has 0 saturated carbocycles. The van der Waals surface area contributed by atoms with Gasteiger partial charge in [-0.15, -0.1) is 0 Å². The first-order chi connectivity index (χ1) is 11.6. The van der Waals surface area contributed by atoms with Gasteiger partial charge in [-0.3, -0.25) is 19.7 Å². The molecule has 0 atom stereocenters. The summed E-state index contributed by atoms with van der Waals surface area (Å²) in [4.78, 5) is 33.2. The highest BCUT2D eigenvalue weighted by molar-refractivity contribution is 5.92. The minimum absolute atomic E-state index is 0.0103. The van der Waals surface area contributed by atoms with Gasteiger partial charge in [0.15, 0.2) is 5.76 Å². The van der Waals surface area contributed by atoms with Crippen LogP contribution in [-0.2, 0) is 4.79 Å². The van der Waals surface area contributed by atoms with Gasteiger partial charge in [0.25, 0.3) is 11.6 Å². The number of amides is 2. The van der Waals surface area contributed by atoms with Crippen LogP contribution in [0, 0.1) is 10.1 Å². The molecule has 1 aromatic heterocycles. The molecular weight excluding hydrogens is 314 g/mol. The predicted octanol–water partition coefficient (Wildman–Crippen LogP) is 1.75. The minimum Gasteiger partial charge on any atom is -0.459 e. The highest BCUT2D eigenvalue weighted by Gasteiger charge is 2.07. The van der Waals surface area contributed by atoms with E-state index in [0.717, 1.165) is 0 Å². The van der Waals surface area contributed by atoms with E-state index in [4.69, 9.17) is 4.42 Å². The molecule has 0 aliphatic heterocycles. The average molecular weight is 329 g/mol. The van der Waals surface area contributed by atoms with Crippen LogP contribution in [0.15, 0.2) is 53.2 Å². The Bertz CT molecular complexity index is 736. The van der Waals surface area contributed by atoms with Crippen LogP contribution < -0.4 is 10.6 Å². The summed E-state index contributed by atoms with van der Waals surface area (Å²) in [5.74, 6) is -0.476. The maximum absolute atomic E-state index is 11.6. The van der Waals surface area contributed by atoms with Crippen molar-refractivity contribution in [2.45, 2.75) is 0 Å². The molecule has 8 nitrogen and oxygen atoms in total. The Balaban J connectivity index is 1.71. The second-order valence-corrected chi connectivity index (χ2v) is 4.71. The van der Waals surface area contributed by atoms with Crippen LogP contribution in [0.25, 0.3) is 6.08 Å². The molecule has 0 unspecified atom stereocenters. The maximum Gasteiger partial charge on any atom is 0.287 e. The fraction of sp³-hybridized carbons (Fsp3) is 0.125. The van der Waals surface area contributed by atoms with E-state index in [0.29, 0.717) is 5.56 Å². The molecule has 0 aliphatic rings. The van der Waals surface area contributed by atoms with Crippen LogP contribution in [0.4, 0.5) is 5.69 Å². The SMILES string of the molecule is O=C(/C=C/c1ccc([N+](=O)[O-])cc1)NCCNC(=O)c1ccco1. The standard InChI is InChI=1S/C16H15N3O5/c20-15(8-5-12-3-6-13(7-4-12)19(22)23)17-9-10-18-16(21)14-2-1-11-24-14/h1-8,11H,9-10H2,(H,17,20)(H,18,21)/b8-5+. The molecule has 0 aliphatic carbocycles. The first-order valence-electron chi connectivity index (χ1n) is 7.08. The topological polar surface area (TPSA) is 114 Å². The number of carbonyl (C=O) groups excluding carboxylic acids is 2. The lowest BCUT2D eigenvalue weighted by atomic mass is 10.2. The van der Waals surface area contributed by atoms with Gasteiger partial charge in [0.1, 0.15) is 0 Å². The second kappa shape index (κ2) is 8.28. The smallest absolute Gasteiger partial charge is 0.287 e. The highest BCUT2D eigenvalue weighted by Crippen LogP contribution is 2.12. The van der Waals surface area contributed by atoms with Crippen molar-refractivity contribution in [2.75, 3.05) is 13.1 Å². The quantitative estimate of drug-likeness (QED) is 0.347. The normalized spacial score (nSPS) is 10.5. The van der Waals surface area contributed by atoms with Crippen molar-refractivity contribution < 1.29 is 18.9 Å². The van der Waals surface area contributed by atoms with Crippen LogP contribution >= 0.6 is 0 Å². The molecule has 0 spiro atoms. The van der Waals surface area contributed by atoms with Crippen LogP contribution in [0.3, 0.4) is 0 Å². The largest absolute Gasteiger partial charge is 0.459 e. The third-order valence-corrected chi connectivity index (χ3v) is 2.99. The third-order valence-electron chi connectivity index (χ3n) is 2.99. The van der Waals surface area contributed by atoms with Gasteiger partial charge in [-0.05, 0) is 35.9 Å². The van der Waals surface area contributed by atoms with E-state index < -0.39 is 4.92 Å². The van der Waals surface area contributed by atoms with Gasteiger partial charge in [0.2, 0.25) is 5.91 Å². The van der Waals surface area contributed by atoms with E-state index in [1.54, 1.807) is 30.3 Å². The van der Waals surface area contributed by atoms with Crippen molar-refractivity contribution in [2.24, 2.45) is 0 Å². The monoisotopic (exact) mass is 329 g/mol. The number of nitrogens with one attached hydrogen (secondary N) is 2. The van der Waals surface area contributed by atoms with Crippen LogP contribution in [-0.4, -0.2) is 29.8 Å². The molecule has 124 valence electrons. The van der Waals surface area contributed by atoms with Gasteiger partial charge in [-0.2, -0.15) is 0 Å². The molecule has 2 N–H and O–H groups in total. The molecule has 24 heavy (non-hydrogen) atoms. The number of nitro benzene ring substituents is 1. The van der Waals surface area contributed by atoms with Gasteiger partial charge >= 0.3 is 0 Å². The summed E-state index contributed by atoms with van der Waals surface area (Å²) in [6.07, 6.45) is 4.26. The zero-order valence-corrected chi connectivity index (χ0v) is 12.6. The van der Waals surface area contributed by atoms with Crippen molar-refractivity contribution in [3.8, 4) is 0 Å². The Kier molecular flexibility index (Phi) is 5.84. The average Bonchev–Trinajstić information content (AvgIpc) is 3.11. The van der Waals surface area contributed by atoms with E-state index in [1.165, 1.54) is 24.5 Å². The summed E-state index contributed by atoms with van der Waals surface area (Å²) in [5, 5.41) is 15.7. The zero-order chi connectivity index (χ0) is 17.4. The summed E-state index contributed by atoms with van der Waals surface area (Å²) >= 11 is 0. The lowest BCUT2D eigenvalue weighted by Crippen LogP contribution is -2.33. The summed E-state index contributed by atoms with van der Waals surface area (Å²) in [5.41, 5.74) is 0.658. The lowest BCUT2D eigenvalue weighted by Gasteiger charge is -2.03. The first-order valence-corrected chi connectivity index (χ1v) is 7.08. The molecule has 1 aromatic carbocycles. The fourth-order valence-corrected chi connectivity index (χ4v) is 1.79. The van der Waals surface area contributed by atoms with E-state index in [9.17, 15) is 19.7 Å². The zero-order valence-electron chi connectivity index (χ0n) is 12.6. The number of carbonyl (C=O) groups is 2. The van der Waals surface area contributed by atoms with Crippen LogP contribution in [0.1, 0.15) is 16.1 Å². The molecule has 2 rings (SSSR count). The maximum atomic E-state index is 11.6. The molecule has 0 fully saturated rings. The molecular formula is C16H15N3O5. The molecule has 0 saturated heterocycles. The number of hydrogen-bond donors (Lipinski definition) is 2. The summed E-state index contributed by atoms with van der Waals surface area (Å²) in [6.45, 7) is 0.520. The minimum atomic E-state index is -0.489. The Hall–Kier alpha value is -3.42. The molecule has 2 amide bonds. The number of nitrogens with zero attached hydrogens (tertiary/aromatic N) is 1. The van der Waals surface area contributed by atoms with E-state index in [2.05, 4.69) is 10.6 Å². The predicted molar refractivity (Wildman–Crippen MR) is 86.2 cm³/mol. The Morgan fingerprint density at radius 3 is 2.46 bits per heavy atom. The third kappa shape index (κ3) is 5.09. The Labute approximate surface area is 137 Å². The van der Waals surface area contributed by atoms with Crippen LogP contribution in [0.2, 0.25) is 0 Å². The van der Waals surface area contributed by atoms with Gasteiger partial charge in [-0.25, -0.2) is 0 Å². The van der Waals surface area contributed by atoms with Crippen molar-refractivity contribution in [1.82, 2.24) is 10.6 Å². The number of hydrogen-bond acceptors (Lipinski definition) is 5. The van der Waals surface area contributed by atoms with Gasteiger partial charge in [0, 0.05) is 31.3 Å². The van der Waals surface area contributed by atoms with Crippen molar-refractivity contribution in [3.05, 3.63) is 70.2 Å². The molecule has 2 aromatic rings. The molecule has 8 heteroatoms. The number of rotatable bonds is 7. The fourth-order valence-electron chi connectivity index (χ4n) is 1.79. The van der Waals surface area contributed by atoms with Gasteiger partial charge in [0.05, 0.1) is 11.2 Å². The highest BCUT2D eigenvalue weighted by atomic mass is 16.6. The summed E-state index contributed by atoms with van der Waals surface area (Å²) in [7, 11) is 0. The lowest BCUT2D eigenvalue weighted by molar-refractivity contribution is -0.384. The number of furan rings is 1. The Morgan fingerprint density at radius 1 is 1.12 bits per heavy atom. The Morgan fingerprint density at radius 2 is 1.83 bits per heavy atom. The summed E-state index contributed by atoms with van der Waals surface area (Å²) in [6, 6.07) is 8.97. The molecule has 0 radical (unpaired) electrons. The van der Waals surface area contributed by atoms with Gasteiger partial charge < -0.3 is 15.1 Å². The summed E-state index contributed by atoms with van der Waals surface area (Å²) < 4.78 is 4.93. The first kappa shape index (κ1) is 16.9. The number of nitro groups is 1. The van der Waals surface area contributed by atoms with E-state index >= 15 is 0 Å². The molecule has 1 heterocycles. The second-order valence-electron chi connectivity index (χ2n) is 4.71.